The average molecular weight is 404 g/mol. The van der Waals surface area contributed by atoms with Crippen LogP contribution in [0.4, 0.5) is 5.69 Å². The van der Waals surface area contributed by atoms with E-state index in [1.165, 1.54) is 18.2 Å². The quantitative estimate of drug-likeness (QED) is 0.625. The van der Waals surface area contributed by atoms with Gasteiger partial charge in [-0.05, 0) is 43.5 Å². The fourth-order valence-corrected chi connectivity index (χ4v) is 4.42. The first kappa shape index (κ1) is 20.3. The Hall–Kier alpha value is -2.42. The highest BCUT2D eigenvalue weighted by Crippen LogP contribution is 2.23. The van der Waals surface area contributed by atoms with Crippen LogP contribution >= 0.6 is 0 Å². The van der Waals surface area contributed by atoms with Crippen LogP contribution in [-0.2, 0) is 14.8 Å². The monoisotopic (exact) mass is 404 g/mol. The molecule has 0 bridgehead atoms. The van der Waals surface area contributed by atoms with Gasteiger partial charge in [0.25, 0.3) is 0 Å². The van der Waals surface area contributed by atoms with Crippen molar-refractivity contribution in [2.24, 2.45) is 0 Å². The van der Waals surface area contributed by atoms with Gasteiger partial charge in [-0.25, -0.2) is 17.9 Å². The molecule has 2 aromatic carbocycles. The SMILES string of the molecule is C[C@@H](NS(=O)(=O)c1ccc(NC[C@@H]2CCCO2)c(C(=O)O)c1)c1ccccc1. The van der Waals surface area contributed by atoms with Gasteiger partial charge in [0.05, 0.1) is 16.6 Å². The lowest BCUT2D eigenvalue weighted by atomic mass is 10.1. The summed E-state index contributed by atoms with van der Waals surface area (Å²) in [5.41, 5.74) is 1.10. The van der Waals surface area contributed by atoms with E-state index in [9.17, 15) is 18.3 Å². The standard InChI is InChI=1S/C20H24N2O5S/c1-14(15-6-3-2-4-7-15)22-28(25,26)17-9-10-19(18(12-17)20(23)24)21-13-16-8-5-11-27-16/h2-4,6-7,9-10,12,14,16,21-22H,5,8,11,13H2,1H3,(H,23,24)/t14-,16+/m1/s1. The molecule has 1 aliphatic heterocycles. The van der Waals surface area contributed by atoms with Crippen molar-refractivity contribution < 1.29 is 23.1 Å². The van der Waals surface area contributed by atoms with E-state index >= 15 is 0 Å². The second kappa shape index (κ2) is 8.72. The number of aromatic carboxylic acids is 1. The third kappa shape index (κ3) is 4.89. The maximum Gasteiger partial charge on any atom is 0.337 e. The van der Waals surface area contributed by atoms with Gasteiger partial charge < -0.3 is 15.2 Å². The summed E-state index contributed by atoms with van der Waals surface area (Å²) in [7, 11) is -3.88. The molecule has 3 N–H and O–H groups in total. The highest BCUT2D eigenvalue weighted by molar-refractivity contribution is 7.89. The summed E-state index contributed by atoms with van der Waals surface area (Å²) < 4.78 is 33.6. The average Bonchev–Trinajstić information content (AvgIpc) is 3.20. The van der Waals surface area contributed by atoms with Crippen molar-refractivity contribution in [3.05, 3.63) is 59.7 Å². The molecule has 8 heteroatoms. The molecule has 150 valence electrons. The smallest absolute Gasteiger partial charge is 0.337 e. The van der Waals surface area contributed by atoms with Crippen molar-refractivity contribution in [1.82, 2.24) is 4.72 Å². The number of hydrogen-bond acceptors (Lipinski definition) is 5. The topological polar surface area (TPSA) is 105 Å². The lowest BCUT2D eigenvalue weighted by Gasteiger charge is -2.17. The van der Waals surface area contributed by atoms with E-state index in [1.807, 2.05) is 30.3 Å². The zero-order valence-corrected chi connectivity index (χ0v) is 16.4. The van der Waals surface area contributed by atoms with Gasteiger partial charge in [0.2, 0.25) is 10.0 Å². The van der Waals surface area contributed by atoms with E-state index in [1.54, 1.807) is 6.92 Å². The molecule has 0 aromatic heterocycles. The first-order valence-electron chi connectivity index (χ1n) is 9.17. The van der Waals surface area contributed by atoms with Crippen LogP contribution in [0.5, 0.6) is 0 Å². The van der Waals surface area contributed by atoms with Crippen molar-refractivity contribution in [1.29, 1.82) is 0 Å². The number of rotatable bonds is 8. The Morgan fingerprint density at radius 3 is 2.64 bits per heavy atom. The number of hydrogen-bond donors (Lipinski definition) is 3. The predicted octanol–water partition coefficient (Wildman–Crippen LogP) is 3.02. The largest absolute Gasteiger partial charge is 0.478 e. The van der Waals surface area contributed by atoms with Crippen molar-refractivity contribution in [2.75, 3.05) is 18.5 Å². The van der Waals surface area contributed by atoms with Gasteiger partial charge in [0.15, 0.2) is 0 Å². The third-order valence-corrected chi connectivity index (χ3v) is 6.25. The molecule has 28 heavy (non-hydrogen) atoms. The van der Waals surface area contributed by atoms with E-state index in [0.29, 0.717) is 18.8 Å². The highest BCUT2D eigenvalue weighted by Gasteiger charge is 2.22. The van der Waals surface area contributed by atoms with E-state index in [2.05, 4.69) is 10.0 Å². The van der Waals surface area contributed by atoms with Gasteiger partial charge in [0, 0.05) is 24.9 Å². The zero-order valence-electron chi connectivity index (χ0n) is 15.6. The van der Waals surface area contributed by atoms with Crippen LogP contribution in [0, 0.1) is 0 Å². The predicted molar refractivity (Wildman–Crippen MR) is 106 cm³/mol. The summed E-state index contributed by atoms with van der Waals surface area (Å²) in [5, 5.41) is 12.6. The number of sulfonamides is 1. The van der Waals surface area contributed by atoms with Gasteiger partial charge in [-0.3, -0.25) is 0 Å². The summed E-state index contributed by atoms with van der Waals surface area (Å²) in [6.45, 7) is 2.93. The minimum absolute atomic E-state index is 0.0402. The summed E-state index contributed by atoms with van der Waals surface area (Å²) in [5.74, 6) is -1.19. The first-order chi connectivity index (χ1) is 13.4. The van der Waals surface area contributed by atoms with Gasteiger partial charge in [-0.15, -0.1) is 0 Å². The Bertz CT molecular complexity index is 925. The van der Waals surface area contributed by atoms with Crippen LogP contribution in [-0.4, -0.2) is 38.7 Å². The first-order valence-corrected chi connectivity index (χ1v) is 10.7. The molecule has 0 amide bonds. The molecule has 1 aliphatic rings. The molecule has 7 nitrogen and oxygen atoms in total. The Labute approximate surface area is 164 Å². The number of anilines is 1. The van der Waals surface area contributed by atoms with Gasteiger partial charge >= 0.3 is 5.97 Å². The molecule has 1 heterocycles. The van der Waals surface area contributed by atoms with Crippen molar-refractivity contribution in [3.63, 3.8) is 0 Å². The molecule has 1 saturated heterocycles. The van der Waals surface area contributed by atoms with Crippen LogP contribution in [0.3, 0.4) is 0 Å². The number of ether oxygens (including phenoxy) is 1. The number of carbonyl (C=O) groups is 1. The number of carboxylic acid groups (broad SMARTS) is 1. The summed E-state index contributed by atoms with van der Waals surface area (Å²) in [6.07, 6.45) is 1.95. The Kier molecular flexibility index (Phi) is 6.33. The van der Waals surface area contributed by atoms with E-state index in [0.717, 1.165) is 18.4 Å². The molecular weight excluding hydrogens is 380 g/mol. The number of nitrogens with one attached hydrogen (secondary N) is 2. The molecule has 0 saturated carbocycles. The maximum absolute atomic E-state index is 12.7. The fraction of sp³-hybridized carbons (Fsp3) is 0.350. The molecule has 0 unspecified atom stereocenters. The lowest BCUT2D eigenvalue weighted by molar-refractivity contribution is 0.0697. The van der Waals surface area contributed by atoms with Crippen LogP contribution < -0.4 is 10.0 Å². The van der Waals surface area contributed by atoms with Crippen LogP contribution in [0.25, 0.3) is 0 Å². The second-order valence-corrected chi connectivity index (χ2v) is 8.50. The van der Waals surface area contributed by atoms with Crippen molar-refractivity contribution in [2.45, 2.75) is 36.8 Å². The maximum atomic E-state index is 12.7. The highest BCUT2D eigenvalue weighted by atomic mass is 32.2. The minimum Gasteiger partial charge on any atom is -0.478 e. The zero-order chi connectivity index (χ0) is 20.1. The Morgan fingerprint density at radius 1 is 1.25 bits per heavy atom. The molecular formula is C20H24N2O5S. The molecule has 2 aromatic rings. The summed E-state index contributed by atoms with van der Waals surface area (Å²) in [6, 6.07) is 12.8. The summed E-state index contributed by atoms with van der Waals surface area (Å²) >= 11 is 0. The minimum atomic E-state index is -3.88. The van der Waals surface area contributed by atoms with E-state index < -0.39 is 22.0 Å². The van der Waals surface area contributed by atoms with E-state index in [-0.39, 0.29) is 16.6 Å². The second-order valence-electron chi connectivity index (χ2n) is 6.78. The van der Waals surface area contributed by atoms with E-state index in [4.69, 9.17) is 4.74 Å². The fourth-order valence-electron chi connectivity index (χ4n) is 3.16. The Balaban J connectivity index is 1.78. The van der Waals surface area contributed by atoms with Crippen molar-refractivity contribution in [3.8, 4) is 0 Å². The molecule has 0 radical (unpaired) electrons. The van der Waals surface area contributed by atoms with Gasteiger partial charge in [-0.2, -0.15) is 0 Å². The lowest BCUT2D eigenvalue weighted by Crippen LogP contribution is -2.27. The van der Waals surface area contributed by atoms with Crippen LogP contribution in [0.2, 0.25) is 0 Å². The number of carboxylic acids is 1. The number of benzene rings is 2. The molecule has 2 atom stereocenters. The van der Waals surface area contributed by atoms with Crippen LogP contribution in [0.1, 0.15) is 41.7 Å². The summed E-state index contributed by atoms with van der Waals surface area (Å²) in [4.78, 5) is 11.6. The van der Waals surface area contributed by atoms with Crippen LogP contribution in [0.15, 0.2) is 53.4 Å². The van der Waals surface area contributed by atoms with Gasteiger partial charge in [-0.1, -0.05) is 30.3 Å². The molecule has 0 aliphatic carbocycles. The van der Waals surface area contributed by atoms with Crippen molar-refractivity contribution >= 4 is 21.7 Å². The molecule has 3 rings (SSSR count). The normalized spacial score (nSPS) is 18.0. The molecule has 0 spiro atoms. The Morgan fingerprint density at radius 2 is 2.00 bits per heavy atom. The third-order valence-electron chi connectivity index (χ3n) is 4.71. The molecule has 1 fully saturated rings. The van der Waals surface area contributed by atoms with Gasteiger partial charge in [0.1, 0.15) is 0 Å².